The largest absolute Gasteiger partial charge is 0.485 e. The van der Waals surface area contributed by atoms with Gasteiger partial charge in [0.15, 0.2) is 0 Å². The number of rotatable bonds is 4. The minimum Gasteiger partial charge on any atom is -0.485 e. The first-order valence-corrected chi connectivity index (χ1v) is 7.33. The zero-order chi connectivity index (χ0) is 13.1. The van der Waals surface area contributed by atoms with Crippen molar-refractivity contribution in [2.75, 3.05) is 0 Å². The Morgan fingerprint density at radius 3 is 2.56 bits per heavy atom. The molecule has 0 aliphatic rings. The Balaban J connectivity index is 2.20. The lowest BCUT2D eigenvalue weighted by Gasteiger charge is -2.10. The topological polar surface area (TPSA) is 59.4 Å². The molecule has 0 fully saturated rings. The normalized spacial score (nSPS) is 10.3. The number of ether oxygens (including phenoxy) is 1. The van der Waals surface area contributed by atoms with E-state index in [1.165, 1.54) is 23.5 Å². The van der Waals surface area contributed by atoms with E-state index >= 15 is 0 Å². The van der Waals surface area contributed by atoms with Crippen molar-refractivity contribution in [3.63, 3.8) is 0 Å². The van der Waals surface area contributed by atoms with Gasteiger partial charge in [-0.2, -0.15) is 0 Å². The molecule has 2 aromatic rings. The highest BCUT2D eigenvalue weighted by Crippen LogP contribution is 2.35. The quantitative estimate of drug-likeness (QED) is 0.855. The monoisotopic (exact) mass is 391 g/mol. The lowest BCUT2D eigenvalue weighted by atomic mass is 10.2. The van der Waals surface area contributed by atoms with Gasteiger partial charge in [-0.25, -0.2) is 9.78 Å². The number of aromatic nitrogens is 1. The number of halogens is 2. The second kappa shape index (κ2) is 5.81. The van der Waals surface area contributed by atoms with Crippen LogP contribution in [0.2, 0.25) is 0 Å². The Morgan fingerprint density at radius 1 is 1.39 bits per heavy atom. The average molecular weight is 393 g/mol. The number of carbonyl (C=O) groups is 1. The number of nitrogens with zero attached hydrogens (tertiary/aromatic N) is 1. The predicted octanol–water partition coefficient (Wildman–Crippen LogP) is 3.95. The molecule has 94 valence electrons. The van der Waals surface area contributed by atoms with E-state index in [-0.39, 0.29) is 5.56 Å². The molecule has 18 heavy (non-hydrogen) atoms. The third-order valence-electron chi connectivity index (χ3n) is 2.09. The first-order valence-electron chi connectivity index (χ1n) is 4.80. The number of aromatic carboxylic acids is 1. The van der Waals surface area contributed by atoms with Gasteiger partial charge in [0.05, 0.1) is 25.7 Å². The molecule has 1 heterocycles. The van der Waals surface area contributed by atoms with E-state index in [0.29, 0.717) is 21.3 Å². The van der Waals surface area contributed by atoms with Crippen LogP contribution in [0.4, 0.5) is 0 Å². The summed E-state index contributed by atoms with van der Waals surface area (Å²) in [6.07, 6.45) is 0. The molecule has 1 N–H and O–H groups in total. The van der Waals surface area contributed by atoms with Gasteiger partial charge in [0.25, 0.3) is 0 Å². The molecular formula is C11H7Br2NO3S. The number of carboxylic acids is 1. The van der Waals surface area contributed by atoms with Gasteiger partial charge in [-0.05, 0) is 44.0 Å². The maximum atomic E-state index is 10.9. The van der Waals surface area contributed by atoms with Crippen LogP contribution in [0.15, 0.2) is 32.0 Å². The van der Waals surface area contributed by atoms with E-state index < -0.39 is 5.97 Å². The van der Waals surface area contributed by atoms with E-state index in [2.05, 4.69) is 36.8 Å². The summed E-state index contributed by atoms with van der Waals surface area (Å²) < 4.78 is 6.78. The van der Waals surface area contributed by atoms with Gasteiger partial charge >= 0.3 is 5.97 Å². The lowest BCUT2D eigenvalue weighted by Crippen LogP contribution is -2.00. The summed E-state index contributed by atoms with van der Waals surface area (Å²) in [5.74, 6) is -0.421. The highest BCUT2D eigenvalue weighted by Gasteiger charge is 2.13. The molecule has 4 nitrogen and oxygen atoms in total. The smallest absolute Gasteiger partial charge is 0.335 e. The first kappa shape index (κ1) is 13.5. The lowest BCUT2D eigenvalue weighted by molar-refractivity contribution is 0.0696. The van der Waals surface area contributed by atoms with Gasteiger partial charge in [-0.1, -0.05) is 0 Å². The number of hydrogen-bond acceptors (Lipinski definition) is 4. The van der Waals surface area contributed by atoms with Gasteiger partial charge in [-0.3, -0.25) is 0 Å². The Morgan fingerprint density at radius 2 is 2.06 bits per heavy atom. The number of thiazole rings is 1. The fraction of sp³-hybridized carbons (Fsp3) is 0.0909. The molecule has 2 rings (SSSR count). The van der Waals surface area contributed by atoms with Gasteiger partial charge in [0.2, 0.25) is 0 Å². The van der Waals surface area contributed by atoms with Crippen LogP contribution in [0.1, 0.15) is 16.1 Å². The molecule has 0 aliphatic carbocycles. The standard InChI is InChI=1S/C11H7Br2NO3S/c12-8-1-6(11(15)16)2-9(13)10(8)17-3-7-4-18-5-14-7/h1-2,4-5H,3H2,(H,15,16). The van der Waals surface area contributed by atoms with Crippen molar-refractivity contribution in [3.8, 4) is 5.75 Å². The molecule has 0 bridgehead atoms. The molecular weight excluding hydrogens is 386 g/mol. The average Bonchev–Trinajstić information content (AvgIpc) is 2.80. The van der Waals surface area contributed by atoms with Crippen molar-refractivity contribution in [2.45, 2.75) is 6.61 Å². The SMILES string of the molecule is O=C(O)c1cc(Br)c(OCc2cscn2)c(Br)c1. The molecule has 0 radical (unpaired) electrons. The fourth-order valence-electron chi connectivity index (χ4n) is 1.28. The third-order valence-corrected chi connectivity index (χ3v) is 3.91. The van der Waals surface area contributed by atoms with Gasteiger partial charge in [0.1, 0.15) is 12.4 Å². The van der Waals surface area contributed by atoms with Crippen molar-refractivity contribution in [2.24, 2.45) is 0 Å². The van der Waals surface area contributed by atoms with Crippen LogP contribution in [-0.4, -0.2) is 16.1 Å². The summed E-state index contributed by atoms with van der Waals surface area (Å²) in [5.41, 5.74) is 2.76. The summed E-state index contributed by atoms with van der Waals surface area (Å²) in [6, 6.07) is 3.01. The minimum atomic E-state index is -0.984. The maximum absolute atomic E-state index is 10.9. The van der Waals surface area contributed by atoms with Crippen molar-refractivity contribution in [1.29, 1.82) is 0 Å². The van der Waals surface area contributed by atoms with Crippen LogP contribution in [0.5, 0.6) is 5.75 Å². The van der Waals surface area contributed by atoms with E-state index in [1.54, 1.807) is 5.51 Å². The highest BCUT2D eigenvalue weighted by atomic mass is 79.9. The van der Waals surface area contributed by atoms with Crippen molar-refractivity contribution in [1.82, 2.24) is 4.98 Å². The van der Waals surface area contributed by atoms with Crippen molar-refractivity contribution >= 4 is 49.2 Å². The van der Waals surface area contributed by atoms with Crippen LogP contribution in [0.25, 0.3) is 0 Å². The van der Waals surface area contributed by atoms with Crippen molar-refractivity contribution in [3.05, 3.63) is 43.2 Å². The molecule has 0 saturated heterocycles. The molecule has 0 atom stereocenters. The number of benzene rings is 1. The highest BCUT2D eigenvalue weighted by molar-refractivity contribution is 9.11. The Labute approximate surface area is 124 Å². The molecule has 0 aliphatic heterocycles. The maximum Gasteiger partial charge on any atom is 0.335 e. The molecule has 1 aromatic heterocycles. The van der Waals surface area contributed by atoms with Crippen LogP contribution in [-0.2, 0) is 6.61 Å². The van der Waals surface area contributed by atoms with Crippen molar-refractivity contribution < 1.29 is 14.6 Å². The Bertz CT molecular complexity index is 549. The van der Waals surface area contributed by atoms with Gasteiger partial charge in [0, 0.05) is 5.38 Å². The number of hydrogen-bond donors (Lipinski definition) is 1. The Kier molecular flexibility index (Phi) is 4.36. The zero-order valence-corrected chi connectivity index (χ0v) is 12.9. The van der Waals surface area contributed by atoms with Crippen LogP contribution >= 0.6 is 43.2 Å². The minimum absolute atomic E-state index is 0.190. The van der Waals surface area contributed by atoms with E-state index in [4.69, 9.17) is 9.84 Å². The van der Waals surface area contributed by atoms with Crippen LogP contribution < -0.4 is 4.74 Å². The summed E-state index contributed by atoms with van der Waals surface area (Å²) in [7, 11) is 0. The van der Waals surface area contributed by atoms with E-state index in [0.717, 1.165) is 5.69 Å². The zero-order valence-electron chi connectivity index (χ0n) is 8.89. The second-order valence-corrected chi connectivity index (χ2v) is 5.77. The van der Waals surface area contributed by atoms with E-state index in [1.807, 2.05) is 5.38 Å². The second-order valence-electron chi connectivity index (χ2n) is 3.34. The molecule has 0 saturated carbocycles. The summed E-state index contributed by atoms with van der Waals surface area (Å²) in [5, 5.41) is 10.8. The molecule has 0 amide bonds. The predicted molar refractivity (Wildman–Crippen MR) is 75.2 cm³/mol. The van der Waals surface area contributed by atoms with Gasteiger partial charge < -0.3 is 9.84 Å². The third kappa shape index (κ3) is 3.09. The number of carboxylic acid groups (broad SMARTS) is 1. The van der Waals surface area contributed by atoms with Crippen LogP contribution in [0, 0.1) is 0 Å². The molecule has 0 unspecified atom stereocenters. The van der Waals surface area contributed by atoms with Gasteiger partial charge in [-0.15, -0.1) is 11.3 Å². The summed E-state index contributed by atoms with van der Waals surface area (Å²) in [6.45, 7) is 0.340. The summed E-state index contributed by atoms with van der Waals surface area (Å²) in [4.78, 5) is 15.0. The summed E-state index contributed by atoms with van der Waals surface area (Å²) >= 11 is 8.09. The molecule has 7 heteroatoms. The fourth-order valence-corrected chi connectivity index (χ4v) is 3.23. The molecule has 0 spiro atoms. The first-order chi connectivity index (χ1) is 8.58. The van der Waals surface area contributed by atoms with Crippen LogP contribution in [0.3, 0.4) is 0 Å². The van der Waals surface area contributed by atoms with E-state index in [9.17, 15) is 4.79 Å². The Hall–Kier alpha value is -0.920. The molecule has 1 aromatic carbocycles.